The molecule has 4 nitrogen and oxygen atoms in total. The van der Waals surface area contributed by atoms with Crippen molar-refractivity contribution in [2.24, 2.45) is 0 Å². The molecule has 0 atom stereocenters. The molecule has 0 aliphatic heterocycles. The topological polar surface area (TPSA) is 50.9 Å². The van der Waals surface area contributed by atoms with Crippen LogP contribution in [0.15, 0.2) is 24.3 Å². The zero-order valence-corrected chi connectivity index (χ0v) is 11.6. The van der Waals surface area contributed by atoms with Gasteiger partial charge < -0.3 is 5.11 Å². The number of benzene rings is 1. The molecule has 2 rings (SSSR count). The first kappa shape index (κ1) is 13.7. The first-order valence-electron chi connectivity index (χ1n) is 6.93. The van der Waals surface area contributed by atoms with E-state index in [-0.39, 0.29) is 6.61 Å². The molecule has 0 fully saturated rings. The molecule has 0 radical (unpaired) electrons. The Labute approximate surface area is 114 Å². The van der Waals surface area contributed by atoms with Crippen LogP contribution in [-0.2, 0) is 19.4 Å². The Morgan fingerprint density at radius 3 is 2.47 bits per heavy atom. The van der Waals surface area contributed by atoms with Crippen molar-refractivity contribution < 1.29 is 5.11 Å². The number of hydrogen-bond donors (Lipinski definition) is 1. The second kappa shape index (κ2) is 6.48. The predicted octanol–water partition coefficient (Wildman–Crippen LogP) is 2.66. The average molecular weight is 259 g/mol. The summed E-state index contributed by atoms with van der Waals surface area (Å²) < 4.78 is 1.81. The Kier molecular flexibility index (Phi) is 4.68. The van der Waals surface area contributed by atoms with E-state index in [1.807, 2.05) is 11.6 Å². The summed E-state index contributed by atoms with van der Waals surface area (Å²) in [6.45, 7) is 4.19. The molecular formula is C15H21N3O. The molecule has 0 saturated carbocycles. The normalized spacial score (nSPS) is 10.9. The van der Waals surface area contributed by atoms with Gasteiger partial charge in [0.2, 0.25) is 0 Å². The number of aryl methyl sites for hydroxylation is 1. The second-order valence-electron chi connectivity index (χ2n) is 4.68. The summed E-state index contributed by atoms with van der Waals surface area (Å²) in [5, 5.41) is 17.4. The van der Waals surface area contributed by atoms with Crippen molar-refractivity contribution in [2.45, 2.75) is 46.1 Å². The van der Waals surface area contributed by atoms with Crippen molar-refractivity contribution >= 4 is 0 Å². The third kappa shape index (κ3) is 3.01. The van der Waals surface area contributed by atoms with E-state index in [0.717, 1.165) is 24.2 Å². The Hall–Kier alpha value is -1.68. The van der Waals surface area contributed by atoms with Crippen LogP contribution >= 0.6 is 0 Å². The highest BCUT2D eigenvalue weighted by atomic mass is 16.3. The highest BCUT2D eigenvalue weighted by Crippen LogP contribution is 2.15. The number of rotatable bonds is 6. The van der Waals surface area contributed by atoms with E-state index in [2.05, 4.69) is 41.5 Å². The van der Waals surface area contributed by atoms with Crippen LogP contribution in [0, 0.1) is 0 Å². The number of unbranched alkanes of at least 4 members (excludes halogenated alkanes) is 1. The van der Waals surface area contributed by atoms with E-state index in [9.17, 15) is 5.11 Å². The Balaban J connectivity index is 2.24. The summed E-state index contributed by atoms with van der Waals surface area (Å²) in [4.78, 5) is 0. The van der Waals surface area contributed by atoms with Crippen LogP contribution in [0.5, 0.6) is 0 Å². The quantitative estimate of drug-likeness (QED) is 0.867. The fourth-order valence-corrected chi connectivity index (χ4v) is 2.20. The van der Waals surface area contributed by atoms with Gasteiger partial charge in [0.15, 0.2) is 0 Å². The van der Waals surface area contributed by atoms with E-state index in [0.29, 0.717) is 5.69 Å². The molecule has 0 amide bonds. The van der Waals surface area contributed by atoms with Crippen LogP contribution in [0.1, 0.15) is 43.6 Å². The van der Waals surface area contributed by atoms with Crippen molar-refractivity contribution in [1.29, 1.82) is 0 Å². The lowest BCUT2D eigenvalue weighted by Crippen LogP contribution is -2.03. The molecule has 1 N–H and O–H groups in total. The zero-order valence-electron chi connectivity index (χ0n) is 11.6. The lowest BCUT2D eigenvalue weighted by atomic mass is 10.1. The molecule has 102 valence electrons. The molecule has 1 aromatic carbocycles. The molecule has 2 aromatic rings. The molecule has 0 unspecified atom stereocenters. The Bertz CT molecular complexity index is 517. The molecule has 4 heteroatoms. The Morgan fingerprint density at radius 2 is 1.89 bits per heavy atom. The molecule has 0 aliphatic carbocycles. The number of aromatic nitrogens is 3. The molecule has 0 saturated heterocycles. The van der Waals surface area contributed by atoms with E-state index in [4.69, 9.17) is 0 Å². The van der Waals surface area contributed by atoms with Gasteiger partial charge in [-0.25, -0.2) is 4.68 Å². The van der Waals surface area contributed by atoms with Gasteiger partial charge in [-0.15, -0.1) is 5.10 Å². The first-order chi connectivity index (χ1) is 9.30. The summed E-state index contributed by atoms with van der Waals surface area (Å²) in [5.74, 6) is 0. The second-order valence-corrected chi connectivity index (χ2v) is 4.68. The highest BCUT2D eigenvalue weighted by molar-refractivity contribution is 5.36. The molecule has 1 heterocycles. The molecule has 0 spiro atoms. The van der Waals surface area contributed by atoms with Gasteiger partial charge in [0.25, 0.3) is 0 Å². The minimum atomic E-state index is -0.0578. The zero-order chi connectivity index (χ0) is 13.7. The van der Waals surface area contributed by atoms with Crippen molar-refractivity contribution in [3.63, 3.8) is 0 Å². The van der Waals surface area contributed by atoms with Gasteiger partial charge >= 0.3 is 0 Å². The molecule has 19 heavy (non-hydrogen) atoms. The van der Waals surface area contributed by atoms with E-state index in [1.165, 1.54) is 18.4 Å². The maximum absolute atomic E-state index is 9.24. The van der Waals surface area contributed by atoms with Crippen LogP contribution in [0.25, 0.3) is 5.69 Å². The predicted molar refractivity (Wildman–Crippen MR) is 75.3 cm³/mol. The third-order valence-electron chi connectivity index (χ3n) is 3.33. The van der Waals surface area contributed by atoms with Crippen molar-refractivity contribution in [1.82, 2.24) is 15.0 Å². The number of aliphatic hydroxyl groups excluding tert-OH is 1. The van der Waals surface area contributed by atoms with Gasteiger partial charge in [0, 0.05) is 0 Å². The van der Waals surface area contributed by atoms with Crippen molar-refractivity contribution in [2.75, 3.05) is 0 Å². The molecule has 0 bridgehead atoms. The lowest BCUT2D eigenvalue weighted by molar-refractivity contribution is 0.275. The average Bonchev–Trinajstić information content (AvgIpc) is 2.88. The van der Waals surface area contributed by atoms with Crippen molar-refractivity contribution in [3.05, 3.63) is 41.2 Å². The smallest absolute Gasteiger partial charge is 0.112 e. The van der Waals surface area contributed by atoms with Gasteiger partial charge in [-0.2, -0.15) is 0 Å². The highest BCUT2D eigenvalue weighted by Gasteiger charge is 2.11. The molecule has 0 aliphatic rings. The molecular weight excluding hydrogens is 238 g/mol. The van der Waals surface area contributed by atoms with Crippen LogP contribution in [-0.4, -0.2) is 20.1 Å². The lowest BCUT2D eigenvalue weighted by Gasteiger charge is -2.07. The van der Waals surface area contributed by atoms with E-state index < -0.39 is 0 Å². The summed E-state index contributed by atoms with van der Waals surface area (Å²) in [7, 11) is 0. The monoisotopic (exact) mass is 259 g/mol. The summed E-state index contributed by atoms with van der Waals surface area (Å²) >= 11 is 0. The fourth-order valence-electron chi connectivity index (χ4n) is 2.20. The number of aliphatic hydroxyl groups is 1. The maximum Gasteiger partial charge on any atom is 0.112 e. The first-order valence-corrected chi connectivity index (χ1v) is 6.93. The summed E-state index contributed by atoms with van der Waals surface area (Å²) in [6, 6.07) is 8.43. The Morgan fingerprint density at radius 1 is 1.16 bits per heavy atom. The number of nitrogens with zero attached hydrogens (tertiary/aromatic N) is 3. The largest absolute Gasteiger partial charge is 0.390 e. The van der Waals surface area contributed by atoms with E-state index in [1.54, 1.807) is 0 Å². The molecule has 1 aromatic heterocycles. The van der Waals surface area contributed by atoms with Crippen LogP contribution in [0.3, 0.4) is 0 Å². The third-order valence-corrected chi connectivity index (χ3v) is 3.33. The number of hydrogen-bond acceptors (Lipinski definition) is 3. The van der Waals surface area contributed by atoms with Gasteiger partial charge in [0.1, 0.15) is 5.69 Å². The summed E-state index contributed by atoms with van der Waals surface area (Å²) in [6.07, 6.45) is 4.36. The van der Waals surface area contributed by atoms with Gasteiger partial charge in [-0.05, 0) is 37.0 Å². The maximum atomic E-state index is 9.24. The van der Waals surface area contributed by atoms with E-state index >= 15 is 0 Å². The van der Waals surface area contributed by atoms with Crippen LogP contribution in [0.2, 0.25) is 0 Å². The fraction of sp³-hybridized carbons (Fsp3) is 0.467. The minimum Gasteiger partial charge on any atom is -0.390 e. The van der Waals surface area contributed by atoms with Crippen LogP contribution < -0.4 is 0 Å². The van der Waals surface area contributed by atoms with Gasteiger partial charge in [-0.3, -0.25) is 0 Å². The van der Waals surface area contributed by atoms with Gasteiger partial charge in [0.05, 0.1) is 18.0 Å². The van der Waals surface area contributed by atoms with Crippen LogP contribution in [0.4, 0.5) is 0 Å². The van der Waals surface area contributed by atoms with Gasteiger partial charge in [-0.1, -0.05) is 37.6 Å². The standard InChI is InChI=1S/C15H21N3O/c1-3-5-6-12-7-9-13(10-8-12)18-15(4-2)14(11-19)16-17-18/h7-10,19H,3-6,11H2,1-2H3. The minimum absolute atomic E-state index is 0.0578. The summed E-state index contributed by atoms with van der Waals surface area (Å²) in [5.41, 5.74) is 4.00. The SMILES string of the molecule is CCCCc1ccc(-n2nnc(CO)c2CC)cc1. The van der Waals surface area contributed by atoms with Crippen molar-refractivity contribution in [3.8, 4) is 5.69 Å².